The summed E-state index contributed by atoms with van der Waals surface area (Å²) < 4.78 is 6.70. The number of ether oxygens (including phenoxy) is 1. The molecule has 0 aromatic heterocycles. The van der Waals surface area contributed by atoms with Gasteiger partial charge >= 0.3 is 5.97 Å². The van der Waals surface area contributed by atoms with E-state index in [0.717, 1.165) is 41.2 Å². The molecule has 3 rings (SSSR count). The molecule has 2 aliphatic carbocycles. The van der Waals surface area contributed by atoms with E-state index in [0.29, 0.717) is 0 Å². The molecular weight excluding hydrogens is 308 g/mol. The summed E-state index contributed by atoms with van der Waals surface area (Å²) in [5, 5.41) is 8.99. The fourth-order valence-corrected chi connectivity index (χ4v) is 2.94. The normalized spacial score (nSPS) is 20.1. The molecule has 4 heteroatoms. The van der Waals surface area contributed by atoms with Crippen molar-refractivity contribution in [3.8, 4) is 5.75 Å². The van der Waals surface area contributed by atoms with Gasteiger partial charge in [0, 0.05) is 5.41 Å². The highest BCUT2D eigenvalue weighted by molar-refractivity contribution is 9.10. The summed E-state index contributed by atoms with van der Waals surface area (Å²) in [6.45, 7) is 0.790. The summed E-state index contributed by atoms with van der Waals surface area (Å²) in [7, 11) is 0. The standard InChI is InChI=1S/C15H17BrO3/c16-12-7-11(15(5-6-15)8-14(17)18)3-4-13(12)19-9-10-1-2-10/h3-4,7,10H,1-2,5-6,8-9H2,(H,17,18). The van der Waals surface area contributed by atoms with Crippen LogP contribution in [0, 0.1) is 5.92 Å². The van der Waals surface area contributed by atoms with E-state index in [2.05, 4.69) is 15.9 Å². The Morgan fingerprint density at radius 2 is 2.16 bits per heavy atom. The number of rotatable bonds is 6. The molecule has 0 heterocycles. The zero-order valence-corrected chi connectivity index (χ0v) is 12.3. The Morgan fingerprint density at radius 1 is 1.42 bits per heavy atom. The van der Waals surface area contributed by atoms with E-state index in [1.165, 1.54) is 12.8 Å². The summed E-state index contributed by atoms with van der Waals surface area (Å²) in [6, 6.07) is 6.00. The summed E-state index contributed by atoms with van der Waals surface area (Å²) in [5.41, 5.74) is 0.976. The number of carboxylic acid groups (broad SMARTS) is 1. The molecule has 2 fully saturated rings. The molecule has 1 aromatic carbocycles. The number of halogens is 1. The van der Waals surface area contributed by atoms with Crippen LogP contribution in [0.2, 0.25) is 0 Å². The van der Waals surface area contributed by atoms with E-state index in [9.17, 15) is 4.79 Å². The van der Waals surface area contributed by atoms with Crippen LogP contribution in [0.5, 0.6) is 5.75 Å². The monoisotopic (exact) mass is 324 g/mol. The molecule has 0 amide bonds. The van der Waals surface area contributed by atoms with E-state index < -0.39 is 5.97 Å². The van der Waals surface area contributed by atoms with Crippen LogP contribution in [0.1, 0.15) is 37.7 Å². The summed E-state index contributed by atoms with van der Waals surface area (Å²) in [6.07, 6.45) is 4.71. The van der Waals surface area contributed by atoms with Crippen molar-refractivity contribution in [2.75, 3.05) is 6.61 Å². The third-order valence-electron chi connectivity index (χ3n) is 4.06. The van der Waals surface area contributed by atoms with Crippen molar-refractivity contribution in [3.05, 3.63) is 28.2 Å². The van der Waals surface area contributed by atoms with Crippen molar-refractivity contribution < 1.29 is 14.6 Å². The van der Waals surface area contributed by atoms with Crippen LogP contribution in [-0.4, -0.2) is 17.7 Å². The van der Waals surface area contributed by atoms with E-state index in [1.807, 2.05) is 18.2 Å². The number of benzene rings is 1. The maximum absolute atomic E-state index is 10.9. The molecular formula is C15H17BrO3. The van der Waals surface area contributed by atoms with Crippen molar-refractivity contribution in [1.82, 2.24) is 0 Å². The van der Waals surface area contributed by atoms with Gasteiger partial charge in [0.2, 0.25) is 0 Å². The summed E-state index contributed by atoms with van der Waals surface area (Å²) >= 11 is 3.53. The van der Waals surface area contributed by atoms with Crippen LogP contribution in [0.15, 0.2) is 22.7 Å². The van der Waals surface area contributed by atoms with Crippen molar-refractivity contribution in [2.24, 2.45) is 5.92 Å². The first-order valence-corrected chi connectivity index (χ1v) is 7.53. The molecule has 19 heavy (non-hydrogen) atoms. The fourth-order valence-electron chi connectivity index (χ4n) is 2.45. The van der Waals surface area contributed by atoms with Crippen LogP contribution in [0.25, 0.3) is 0 Å². The summed E-state index contributed by atoms with van der Waals surface area (Å²) in [5.74, 6) is 0.873. The highest BCUT2D eigenvalue weighted by Gasteiger charge is 2.46. The third kappa shape index (κ3) is 2.94. The molecule has 1 aromatic rings. The Hall–Kier alpha value is -1.03. The molecule has 102 valence electrons. The molecule has 0 radical (unpaired) electrons. The van der Waals surface area contributed by atoms with Crippen LogP contribution in [-0.2, 0) is 10.2 Å². The van der Waals surface area contributed by atoms with Gasteiger partial charge in [-0.3, -0.25) is 4.79 Å². The Kier molecular flexibility index (Phi) is 3.29. The predicted molar refractivity (Wildman–Crippen MR) is 75.5 cm³/mol. The minimum absolute atomic E-state index is 0.136. The second-order valence-electron chi connectivity index (χ2n) is 5.75. The van der Waals surface area contributed by atoms with Crippen molar-refractivity contribution >= 4 is 21.9 Å². The minimum Gasteiger partial charge on any atom is -0.492 e. The van der Waals surface area contributed by atoms with Crippen LogP contribution in [0.4, 0.5) is 0 Å². The molecule has 0 unspecified atom stereocenters. The molecule has 0 atom stereocenters. The van der Waals surface area contributed by atoms with Gasteiger partial charge in [-0.15, -0.1) is 0 Å². The van der Waals surface area contributed by atoms with Gasteiger partial charge in [-0.25, -0.2) is 0 Å². The van der Waals surface area contributed by atoms with Gasteiger partial charge in [-0.1, -0.05) is 6.07 Å². The third-order valence-corrected chi connectivity index (χ3v) is 4.68. The molecule has 0 bridgehead atoms. The minimum atomic E-state index is -0.720. The Morgan fingerprint density at radius 3 is 2.68 bits per heavy atom. The smallest absolute Gasteiger partial charge is 0.304 e. The zero-order chi connectivity index (χ0) is 13.5. The lowest BCUT2D eigenvalue weighted by Crippen LogP contribution is -2.13. The summed E-state index contributed by atoms with van der Waals surface area (Å²) in [4.78, 5) is 10.9. The topological polar surface area (TPSA) is 46.5 Å². The molecule has 0 spiro atoms. The maximum Gasteiger partial charge on any atom is 0.304 e. The van der Waals surface area contributed by atoms with Gasteiger partial charge in [0.15, 0.2) is 0 Å². The lowest BCUT2D eigenvalue weighted by Gasteiger charge is -2.15. The first-order valence-electron chi connectivity index (χ1n) is 6.74. The molecule has 3 nitrogen and oxygen atoms in total. The number of hydrogen-bond acceptors (Lipinski definition) is 2. The van der Waals surface area contributed by atoms with Crippen molar-refractivity contribution in [3.63, 3.8) is 0 Å². The molecule has 2 aliphatic rings. The highest BCUT2D eigenvalue weighted by Crippen LogP contribution is 2.52. The Bertz CT molecular complexity index is 504. The highest BCUT2D eigenvalue weighted by atomic mass is 79.9. The first kappa shape index (κ1) is 13.0. The van der Waals surface area contributed by atoms with E-state index in [4.69, 9.17) is 9.84 Å². The average molecular weight is 325 g/mol. The van der Waals surface area contributed by atoms with Gasteiger partial charge in [-0.05, 0) is 65.2 Å². The molecule has 0 aliphatic heterocycles. The molecule has 0 saturated heterocycles. The van der Waals surface area contributed by atoms with Crippen molar-refractivity contribution in [1.29, 1.82) is 0 Å². The van der Waals surface area contributed by atoms with Crippen LogP contribution >= 0.6 is 15.9 Å². The number of carbonyl (C=O) groups is 1. The number of aliphatic carboxylic acids is 1. The lowest BCUT2D eigenvalue weighted by molar-refractivity contribution is -0.137. The zero-order valence-electron chi connectivity index (χ0n) is 10.7. The Labute approximate surface area is 121 Å². The Balaban J connectivity index is 1.73. The maximum atomic E-state index is 10.9. The molecule has 1 N–H and O–H groups in total. The van der Waals surface area contributed by atoms with Gasteiger partial charge in [0.1, 0.15) is 5.75 Å². The number of carboxylic acids is 1. The lowest BCUT2D eigenvalue weighted by atomic mass is 9.92. The predicted octanol–water partition coefficient (Wildman–Crippen LogP) is 3.74. The quantitative estimate of drug-likeness (QED) is 0.866. The van der Waals surface area contributed by atoms with Crippen LogP contribution in [0.3, 0.4) is 0 Å². The number of hydrogen-bond donors (Lipinski definition) is 1. The van der Waals surface area contributed by atoms with Gasteiger partial charge in [-0.2, -0.15) is 0 Å². The largest absolute Gasteiger partial charge is 0.492 e. The fraction of sp³-hybridized carbons (Fsp3) is 0.533. The molecule has 2 saturated carbocycles. The average Bonchev–Trinajstić information content (AvgIpc) is 3.21. The second kappa shape index (κ2) is 4.82. The van der Waals surface area contributed by atoms with Gasteiger partial charge < -0.3 is 9.84 Å². The van der Waals surface area contributed by atoms with E-state index in [-0.39, 0.29) is 11.8 Å². The van der Waals surface area contributed by atoms with E-state index in [1.54, 1.807) is 0 Å². The van der Waals surface area contributed by atoms with Gasteiger partial charge in [0.05, 0.1) is 17.5 Å². The van der Waals surface area contributed by atoms with Gasteiger partial charge in [0.25, 0.3) is 0 Å². The first-order chi connectivity index (χ1) is 9.09. The SMILES string of the molecule is O=C(O)CC1(c2ccc(OCC3CC3)c(Br)c2)CC1. The van der Waals surface area contributed by atoms with Crippen LogP contribution < -0.4 is 4.74 Å². The second-order valence-corrected chi connectivity index (χ2v) is 6.60. The van der Waals surface area contributed by atoms with Crippen molar-refractivity contribution in [2.45, 2.75) is 37.5 Å². The van der Waals surface area contributed by atoms with E-state index >= 15 is 0 Å².